The minimum Gasteiger partial charge on any atom is -0.409 e. The van der Waals surface area contributed by atoms with Crippen molar-refractivity contribution >= 4 is 38.8 Å². The molecule has 1 aromatic carbocycles. The Hall–Kier alpha value is -1.53. The van der Waals surface area contributed by atoms with E-state index in [4.69, 9.17) is 10.9 Å². The Kier molecular flexibility index (Phi) is 4.44. The van der Waals surface area contributed by atoms with Gasteiger partial charge in [0.2, 0.25) is 0 Å². The molecule has 1 aromatic heterocycles. The van der Waals surface area contributed by atoms with E-state index < -0.39 is 0 Å². The predicted molar refractivity (Wildman–Crippen MR) is 83.1 cm³/mol. The van der Waals surface area contributed by atoms with Gasteiger partial charge in [-0.05, 0) is 52.3 Å². The fourth-order valence-corrected chi connectivity index (χ4v) is 3.24. The molecule has 0 aliphatic heterocycles. The van der Waals surface area contributed by atoms with Gasteiger partial charge in [-0.15, -0.1) is 11.3 Å². The number of thiophene rings is 1. The van der Waals surface area contributed by atoms with Gasteiger partial charge in [0, 0.05) is 23.2 Å². The summed E-state index contributed by atoms with van der Waals surface area (Å²) in [5, 5.41) is 11.6. The molecule has 2 rings (SSSR count). The maximum Gasteiger partial charge on any atom is 0.170 e. The number of benzene rings is 1. The summed E-state index contributed by atoms with van der Waals surface area (Å²) in [5.74, 6) is 0.122. The molecule has 0 radical (unpaired) electrons. The van der Waals surface area contributed by atoms with Crippen molar-refractivity contribution in [1.29, 1.82) is 0 Å². The van der Waals surface area contributed by atoms with E-state index in [-0.39, 0.29) is 5.84 Å². The van der Waals surface area contributed by atoms with Crippen molar-refractivity contribution in [2.75, 3.05) is 11.9 Å². The molecule has 0 amide bonds. The van der Waals surface area contributed by atoms with E-state index in [2.05, 4.69) is 38.1 Å². The summed E-state index contributed by atoms with van der Waals surface area (Å²) in [7, 11) is 2.03. The average Bonchev–Trinajstić information content (AvgIpc) is 2.83. The summed E-state index contributed by atoms with van der Waals surface area (Å²) in [4.78, 5) is 3.43. The van der Waals surface area contributed by atoms with E-state index in [1.807, 2.05) is 31.3 Å². The van der Waals surface area contributed by atoms with Crippen molar-refractivity contribution in [3.8, 4) is 0 Å². The molecule has 0 aliphatic carbocycles. The van der Waals surface area contributed by atoms with Crippen LogP contribution in [0.3, 0.4) is 0 Å². The first-order valence-corrected chi connectivity index (χ1v) is 7.24. The summed E-state index contributed by atoms with van der Waals surface area (Å²) in [6.07, 6.45) is 0. The van der Waals surface area contributed by atoms with Gasteiger partial charge in [0.1, 0.15) is 0 Å². The highest BCUT2D eigenvalue weighted by Crippen LogP contribution is 2.24. The van der Waals surface area contributed by atoms with Gasteiger partial charge in [-0.25, -0.2) is 0 Å². The lowest BCUT2D eigenvalue weighted by atomic mass is 10.2. The number of nitrogens with zero attached hydrogens (tertiary/aromatic N) is 2. The average molecular weight is 340 g/mol. The zero-order chi connectivity index (χ0) is 13.8. The first-order chi connectivity index (χ1) is 9.10. The van der Waals surface area contributed by atoms with Gasteiger partial charge in [-0.1, -0.05) is 5.16 Å². The number of anilines is 1. The monoisotopic (exact) mass is 339 g/mol. The molecule has 0 spiro atoms. The molecule has 6 heteroatoms. The third-order valence-electron chi connectivity index (χ3n) is 2.73. The van der Waals surface area contributed by atoms with Crippen molar-refractivity contribution in [1.82, 2.24) is 0 Å². The molecule has 0 aliphatic rings. The molecular weight excluding hydrogens is 326 g/mol. The second-order valence-corrected chi connectivity index (χ2v) is 6.64. The van der Waals surface area contributed by atoms with Crippen LogP contribution >= 0.6 is 27.3 Å². The highest BCUT2D eigenvalue weighted by molar-refractivity contribution is 9.11. The molecule has 0 atom stereocenters. The van der Waals surface area contributed by atoms with Crippen LogP contribution < -0.4 is 10.6 Å². The van der Waals surface area contributed by atoms with Crippen molar-refractivity contribution in [3.05, 3.63) is 50.6 Å². The van der Waals surface area contributed by atoms with Gasteiger partial charge in [-0.2, -0.15) is 0 Å². The van der Waals surface area contributed by atoms with Gasteiger partial charge in [0.25, 0.3) is 0 Å². The van der Waals surface area contributed by atoms with E-state index in [9.17, 15) is 0 Å². The Morgan fingerprint density at radius 3 is 2.53 bits per heavy atom. The first-order valence-electron chi connectivity index (χ1n) is 5.63. The number of rotatable bonds is 4. The standard InChI is InChI=1S/C13H14BrN3OS/c1-17(8-11-6-7-12(14)19-11)10-4-2-9(3-5-10)13(15)16-18/h2-7,18H,8H2,1H3,(H2,15,16). The third-order valence-corrected chi connectivity index (χ3v) is 4.34. The van der Waals surface area contributed by atoms with Crippen molar-refractivity contribution < 1.29 is 5.21 Å². The Morgan fingerprint density at radius 1 is 1.32 bits per heavy atom. The van der Waals surface area contributed by atoms with E-state index >= 15 is 0 Å². The van der Waals surface area contributed by atoms with Crippen LogP contribution in [0.5, 0.6) is 0 Å². The maximum absolute atomic E-state index is 8.61. The Balaban J connectivity index is 2.09. The number of amidine groups is 1. The first kappa shape index (κ1) is 13.9. The quantitative estimate of drug-likeness (QED) is 0.389. The minimum absolute atomic E-state index is 0.122. The van der Waals surface area contributed by atoms with Crippen LogP contribution in [0, 0.1) is 0 Å². The summed E-state index contributed by atoms with van der Waals surface area (Å²) in [6.45, 7) is 0.846. The number of nitrogens with two attached hydrogens (primary N) is 1. The SMILES string of the molecule is CN(Cc1ccc(Br)s1)c1ccc(C(N)=NO)cc1. The maximum atomic E-state index is 8.61. The molecule has 0 fully saturated rings. The van der Waals surface area contributed by atoms with Crippen LogP contribution in [0.2, 0.25) is 0 Å². The summed E-state index contributed by atoms with van der Waals surface area (Å²) < 4.78 is 1.14. The highest BCUT2D eigenvalue weighted by Gasteiger charge is 2.05. The van der Waals surface area contributed by atoms with E-state index in [1.165, 1.54) is 4.88 Å². The van der Waals surface area contributed by atoms with Gasteiger partial charge >= 0.3 is 0 Å². The molecule has 3 N–H and O–H groups in total. The van der Waals surface area contributed by atoms with E-state index in [1.54, 1.807) is 11.3 Å². The largest absolute Gasteiger partial charge is 0.409 e. The van der Waals surface area contributed by atoms with Gasteiger partial charge in [0.15, 0.2) is 5.84 Å². The number of oxime groups is 1. The Morgan fingerprint density at radius 2 is 2.00 bits per heavy atom. The number of hydrogen-bond donors (Lipinski definition) is 2. The molecule has 0 bridgehead atoms. The van der Waals surface area contributed by atoms with Crippen LogP contribution in [-0.4, -0.2) is 18.1 Å². The summed E-state index contributed by atoms with van der Waals surface area (Å²) >= 11 is 5.19. The third kappa shape index (κ3) is 3.48. The van der Waals surface area contributed by atoms with Gasteiger partial charge in [-0.3, -0.25) is 0 Å². The van der Waals surface area contributed by atoms with Gasteiger partial charge < -0.3 is 15.8 Å². The fourth-order valence-electron chi connectivity index (χ4n) is 1.71. The molecule has 100 valence electrons. The smallest absolute Gasteiger partial charge is 0.170 e. The lowest BCUT2D eigenvalue weighted by Crippen LogP contribution is -2.16. The zero-order valence-electron chi connectivity index (χ0n) is 10.4. The van der Waals surface area contributed by atoms with Crippen LogP contribution in [-0.2, 0) is 6.54 Å². The molecule has 19 heavy (non-hydrogen) atoms. The lowest BCUT2D eigenvalue weighted by molar-refractivity contribution is 0.318. The van der Waals surface area contributed by atoms with E-state index in [0.29, 0.717) is 5.56 Å². The second kappa shape index (κ2) is 6.08. The van der Waals surface area contributed by atoms with Crippen molar-refractivity contribution in [3.63, 3.8) is 0 Å². The molecule has 4 nitrogen and oxygen atoms in total. The molecule has 2 aromatic rings. The molecule has 1 heterocycles. The Bertz CT molecular complexity index is 580. The van der Waals surface area contributed by atoms with Gasteiger partial charge in [0.05, 0.1) is 10.3 Å². The Labute approximate surface area is 124 Å². The van der Waals surface area contributed by atoms with Crippen LogP contribution in [0.25, 0.3) is 0 Å². The van der Waals surface area contributed by atoms with Crippen molar-refractivity contribution in [2.45, 2.75) is 6.54 Å². The van der Waals surface area contributed by atoms with Crippen molar-refractivity contribution in [2.24, 2.45) is 10.9 Å². The molecule has 0 saturated carbocycles. The fraction of sp³-hybridized carbons (Fsp3) is 0.154. The molecule has 0 saturated heterocycles. The summed E-state index contributed by atoms with van der Waals surface area (Å²) in [6, 6.07) is 11.7. The van der Waals surface area contributed by atoms with Crippen LogP contribution in [0.15, 0.2) is 45.3 Å². The minimum atomic E-state index is 0.122. The normalized spacial score (nSPS) is 11.6. The van der Waals surface area contributed by atoms with E-state index in [0.717, 1.165) is 16.0 Å². The van der Waals surface area contributed by atoms with Crippen LogP contribution in [0.4, 0.5) is 5.69 Å². The van der Waals surface area contributed by atoms with Crippen LogP contribution in [0.1, 0.15) is 10.4 Å². The molecular formula is C13H14BrN3OS. The number of halogens is 1. The lowest BCUT2D eigenvalue weighted by Gasteiger charge is -2.18. The molecule has 0 unspecified atom stereocenters. The highest BCUT2D eigenvalue weighted by atomic mass is 79.9. The number of hydrogen-bond acceptors (Lipinski definition) is 4. The summed E-state index contributed by atoms with van der Waals surface area (Å²) in [5.41, 5.74) is 7.32. The zero-order valence-corrected chi connectivity index (χ0v) is 12.8. The second-order valence-electron chi connectivity index (χ2n) is 4.09. The topological polar surface area (TPSA) is 61.8 Å². The predicted octanol–water partition coefficient (Wildman–Crippen LogP) is 3.24.